The second kappa shape index (κ2) is 10.8. The van der Waals surface area contributed by atoms with E-state index in [9.17, 15) is 14.4 Å². The third-order valence-corrected chi connectivity index (χ3v) is 6.89. The third kappa shape index (κ3) is 5.47. The summed E-state index contributed by atoms with van der Waals surface area (Å²) in [6, 6.07) is 17.9. The van der Waals surface area contributed by atoms with Gasteiger partial charge in [-0.05, 0) is 35.7 Å². The highest BCUT2D eigenvalue weighted by Crippen LogP contribution is 2.25. The molecule has 3 aromatic rings. The molecule has 0 bridgehead atoms. The van der Waals surface area contributed by atoms with E-state index in [2.05, 4.69) is 5.32 Å². The second-order valence-electron chi connectivity index (χ2n) is 7.95. The van der Waals surface area contributed by atoms with E-state index in [-0.39, 0.29) is 24.3 Å². The summed E-state index contributed by atoms with van der Waals surface area (Å²) in [5.74, 6) is -0.418. The average Bonchev–Trinajstić information content (AvgIpc) is 3.40. The fraction of sp³-hybridized carbons (Fsp3) is 0.240. The van der Waals surface area contributed by atoms with Crippen molar-refractivity contribution in [3.8, 4) is 0 Å². The van der Waals surface area contributed by atoms with Gasteiger partial charge in [-0.2, -0.15) is 0 Å². The van der Waals surface area contributed by atoms with Crippen molar-refractivity contribution < 1.29 is 14.4 Å². The Morgan fingerprint density at radius 2 is 1.68 bits per heavy atom. The van der Waals surface area contributed by atoms with Crippen molar-refractivity contribution in [1.82, 2.24) is 9.80 Å². The zero-order chi connectivity index (χ0) is 24.1. The summed E-state index contributed by atoms with van der Waals surface area (Å²) in [4.78, 5) is 44.5. The minimum Gasteiger partial charge on any atom is -0.336 e. The van der Waals surface area contributed by atoms with Crippen molar-refractivity contribution in [1.29, 1.82) is 0 Å². The van der Waals surface area contributed by atoms with Crippen LogP contribution < -0.4 is 10.2 Å². The van der Waals surface area contributed by atoms with Crippen molar-refractivity contribution in [2.75, 3.05) is 50.0 Å². The highest BCUT2D eigenvalue weighted by atomic mass is 35.5. The molecule has 2 heterocycles. The molecule has 34 heavy (non-hydrogen) atoms. The Kier molecular flexibility index (Phi) is 7.62. The lowest BCUT2D eigenvalue weighted by atomic mass is 10.1. The molecule has 0 aliphatic carbocycles. The molecule has 0 spiro atoms. The number of hydrogen-bond donors (Lipinski definition) is 1. The molecule has 0 atom stereocenters. The van der Waals surface area contributed by atoms with Crippen molar-refractivity contribution in [2.45, 2.75) is 0 Å². The smallest absolute Gasteiger partial charge is 0.268 e. The summed E-state index contributed by atoms with van der Waals surface area (Å²) in [6.07, 6.45) is 0. The van der Waals surface area contributed by atoms with E-state index < -0.39 is 0 Å². The van der Waals surface area contributed by atoms with Crippen molar-refractivity contribution in [3.05, 3.63) is 81.5 Å². The molecule has 176 valence electrons. The van der Waals surface area contributed by atoms with Crippen molar-refractivity contribution in [3.63, 3.8) is 0 Å². The third-order valence-electron chi connectivity index (χ3n) is 5.71. The number of amides is 3. The Balaban J connectivity index is 1.36. The molecule has 1 aliphatic rings. The highest BCUT2D eigenvalue weighted by molar-refractivity contribution is 7.12. The standard InChI is InChI=1S/C25H25ClN4O3S/c1-28(25(33)22-11-6-16-34-22)21-10-5-2-7-18(21)24(32)30-14-12-29(13-15-30)17-23(31)27-20-9-4-3-8-19(20)26/h2-11,16H,12-15,17H2,1H3,(H,27,31). The average molecular weight is 497 g/mol. The summed E-state index contributed by atoms with van der Waals surface area (Å²) in [6.45, 7) is 2.37. The van der Waals surface area contributed by atoms with E-state index in [1.807, 2.05) is 34.5 Å². The summed E-state index contributed by atoms with van der Waals surface area (Å²) in [5, 5.41) is 5.18. The van der Waals surface area contributed by atoms with Gasteiger partial charge in [0.1, 0.15) is 0 Å². The summed E-state index contributed by atoms with van der Waals surface area (Å²) in [7, 11) is 1.68. The Bertz CT molecular complexity index is 1180. The van der Waals surface area contributed by atoms with Crippen LogP contribution in [0, 0.1) is 0 Å². The zero-order valence-corrected chi connectivity index (χ0v) is 20.3. The van der Waals surface area contributed by atoms with E-state index >= 15 is 0 Å². The summed E-state index contributed by atoms with van der Waals surface area (Å²) in [5.41, 5.74) is 1.65. The van der Waals surface area contributed by atoms with Crippen molar-refractivity contribution in [2.24, 2.45) is 0 Å². The monoisotopic (exact) mass is 496 g/mol. The van der Waals surface area contributed by atoms with Gasteiger partial charge in [0.2, 0.25) is 5.91 Å². The van der Waals surface area contributed by atoms with E-state index in [4.69, 9.17) is 11.6 Å². The van der Waals surface area contributed by atoms with Crippen LogP contribution in [0.2, 0.25) is 5.02 Å². The first-order chi connectivity index (χ1) is 16.4. The quantitative estimate of drug-likeness (QED) is 0.558. The molecule has 9 heteroatoms. The van der Waals surface area contributed by atoms with E-state index in [1.165, 1.54) is 16.2 Å². The summed E-state index contributed by atoms with van der Waals surface area (Å²) >= 11 is 7.48. The first-order valence-corrected chi connectivity index (χ1v) is 12.2. The Labute approximate surface area is 207 Å². The van der Waals surface area contributed by atoms with Crippen LogP contribution in [-0.4, -0.2) is 67.3 Å². The Hall–Kier alpha value is -3.20. The van der Waals surface area contributed by atoms with Gasteiger partial charge in [0.25, 0.3) is 11.8 Å². The lowest BCUT2D eigenvalue weighted by molar-refractivity contribution is -0.117. The first kappa shape index (κ1) is 23.9. The lowest BCUT2D eigenvalue weighted by Gasteiger charge is -2.35. The zero-order valence-electron chi connectivity index (χ0n) is 18.7. The van der Waals surface area contributed by atoms with Crippen LogP contribution in [0.1, 0.15) is 20.0 Å². The molecule has 1 aromatic heterocycles. The van der Waals surface area contributed by atoms with Crippen LogP contribution in [0.3, 0.4) is 0 Å². The topological polar surface area (TPSA) is 73.0 Å². The number of hydrogen-bond acceptors (Lipinski definition) is 5. The van der Waals surface area contributed by atoms with E-state index in [0.29, 0.717) is 53.0 Å². The normalized spacial score (nSPS) is 14.0. The van der Waals surface area contributed by atoms with Gasteiger partial charge in [0.15, 0.2) is 0 Å². The lowest BCUT2D eigenvalue weighted by Crippen LogP contribution is -2.50. The predicted octanol–water partition coefficient (Wildman–Crippen LogP) is 4.07. The predicted molar refractivity (Wildman–Crippen MR) is 136 cm³/mol. The number of anilines is 2. The molecule has 0 radical (unpaired) electrons. The Morgan fingerprint density at radius 1 is 0.971 bits per heavy atom. The maximum absolute atomic E-state index is 13.3. The maximum atomic E-state index is 13.3. The molecule has 3 amide bonds. The Morgan fingerprint density at radius 3 is 2.38 bits per heavy atom. The molecule has 1 aliphatic heterocycles. The molecule has 1 fully saturated rings. The van der Waals surface area contributed by atoms with Crippen LogP contribution in [-0.2, 0) is 4.79 Å². The molecule has 4 rings (SSSR count). The fourth-order valence-electron chi connectivity index (χ4n) is 3.86. The number of thiophene rings is 1. The molecule has 0 unspecified atom stereocenters. The largest absolute Gasteiger partial charge is 0.336 e. The molecule has 7 nitrogen and oxygen atoms in total. The number of piperazine rings is 1. The van der Waals surface area contributed by atoms with E-state index in [0.717, 1.165) is 0 Å². The minimum absolute atomic E-state index is 0.124. The van der Waals surface area contributed by atoms with Crippen LogP contribution in [0.5, 0.6) is 0 Å². The number of nitrogens with zero attached hydrogens (tertiary/aromatic N) is 3. The van der Waals surface area contributed by atoms with E-state index in [1.54, 1.807) is 48.3 Å². The van der Waals surface area contributed by atoms with Crippen LogP contribution >= 0.6 is 22.9 Å². The SMILES string of the molecule is CN(C(=O)c1cccs1)c1ccccc1C(=O)N1CCN(CC(=O)Nc2ccccc2Cl)CC1. The number of carbonyl (C=O) groups is 3. The number of rotatable bonds is 6. The van der Waals surface area contributed by atoms with Gasteiger partial charge in [-0.3, -0.25) is 19.3 Å². The highest BCUT2D eigenvalue weighted by Gasteiger charge is 2.27. The van der Waals surface area contributed by atoms with Crippen molar-refractivity contribution >= 4 is 52.0 Å². The number of nitrogens with one attached hydrogen (secondary N) is 1. The van der Waals surface area contributed by atoms with Gasteiger partial charge in [0.05, 0.1) is 33.4 Å². The van der Waals surface area contributed by atoms with Gasteiger partial charge in [-0.25, -0.2) is 0 Å². The first-order valence-electron chi connectivity index (χ1n) is 10.9. The molecule has 1 saturated heterocycles. The molecular weight excluding hydrogens is 472 g/mol. The van der Waals surface area contributed by atoms with Crippen LogP contribution in [0.15, 0.2) is 66.0 Å². The number of para-hydroxylation sites is 2. The van der Waals surface area contributed by atoms with Crippen LogP contribution in [0.25, 0.3) is 0 Å². The van der Waals surface area contributed by atoms with Crippen LogP contribution in [0.4, 0.5) is 11.4 Å². The molecule has 1 N–H and O–H groups in total. The number of halogens is 1. The van der Waals surface area contributed by atoms with Gasteiger partial charge >= 0.3 is 0 Å². The number of benzene rings is 2. The fourth-order valence-corrected chi connectivity index (χ4v) is 4.74. The second-order valence-corrected chi connectivity index (χ2v) is 9.31. The molecule has 2 aromatic carbocycles. The van der Waals surface area contributed by atoms with Gasteiger partial charge in [0, 0.05) is 33.2 Å². The molecular formula is C25H25ClN4O3S. The van der Waals surface area contributed by atoms with Gasteiger partial charge in [-0.15, -0.1) is 11.3 Å². The minimum atomic E-state index is -0.149. The number of carbonyl (C=O) groups excluding carboxylic acids is 3. The summed E-state index contributed by atoms with van der Waals surface area (Å²) < 4.78 is 0. The van der Waals surface area contributed by atoms with Gasteiger partial charge < -0.3 is 15.1 Å². The molecule has 0 saturated carbocycles. The maximum Gasteiger partial charge on any atom is 0.268 e. The van der Waals surface area contributed by atoms with Gasteiger partial charge in [-0.1, -0.05) is 41.9 Å².